The van der Waals surface area contributed by atoms with Crippen LogP contribution in [-0.4, -0.2) is 19.8 Å². The van der Waals surface area contributed by atoms with E-state index in [0.717, 1.165) is 11.4 Å². The largest absolute Gasteiger partial charge is 0.388 e. The van der Waals surface area contributed by atoms with Crippen LogP contribution in [0.25, 0.3) is 16.8 Å². The minimum Gasteiger partial charge on any atom is -0.388 e. The Morgan fingerprint density at radius 1 is 1.06 bits per heavy atom. The molecule has 0 unspecified atom stereocenters. The standard InChI is InChI=1S/C15H14N2/c1-16-13-8-6-10-7-9-14(17-2)12-5-3-4-11(13)15(10)12/h3-9,16H,1-2H3/b17-14+. The Bertz CT molecular complexity index is 651. The maximum absolute atomic E-state index is 4.34. The van der Waals surface area contributed by atoms with Gasteiger partial charge in [0.15, 0.2) is 0 Å². The lowest BCUT2D eigenvalue weighted by Gasteiger charge is -2.16. The topological polar surface area (TPSA) is 24.4 Å². The third-order valence-electron chi connectivity index (χ3n) is 3.28. The van der Waals surface area contributed by atoms with Crippen LogP contribution >= 0.6 is 0 Å². The van der Waals surface area contributed by atoms with Crippen LogP contribution in [0.1, 0.15) is 11.1 Å². The van der Waals surface area contributed by atoms with Crippen LogP contribution in [0, 0.1) is 0 Å². The second-order valence-electron chi connectivity index (χ2n) is 4.12. The lowest BCUT2D eigenvalue weighted by Crippen LogP contribution is -2.04. The van der Waals surface area contributed by atoms with Crippen molar-refractivity contribution >= 4 is 28.2 Å². The van der Waals surface area contributed by atoms with Gasteiger partial charge in [-0.15, -0.1) is 0 Å². The van der Waals surface area contributed by atoms with Gasteiger partial charge in [0.25, 0.3) is 0 Å². The van der Waals surface area contributed by atoms with E-state index in [4.69, 9.17) is 0 Å². The monoisotopic (exact) mass is 222 g/mol. The number of nitrogens with zero attached hydrogens (tertiary/aromatic N) is 1. The van der Waals surface area contributed by atoms with E-state index in [0.29, 0.717) is 0 Å². The van der Waals surface area contributed by atoms with Gasteiger partial charge in [-0.3, -0.25) is 4.99 Å². The molecule has 0 fully saturated rings. The molecule has 0 radical (unpaired) electrons. The third-order valence-corrected chi connectivity index (χ3v) is 3.28. The molecule has 1 N–H and O–H groups in total. The Hall–Kier alpha value is -2.09. The van der Waals surface area contributed by atoms with Gasteiger partial charge in [-0.05, 0) is 17.7 Å². The van der Waals surface area contributed by atoms with E-state index in [1.54, 1.807) is 0 Å². The second-order valence-corrected chi connectivity index (χ2v) is 4.12. The number of anilines is 1. The van der Waals surface area contributed by atoms with Crippen molar-refractivity contribution in [2.45, 2.75) is 0 Å². The highest BCUT2D eigenvalue weighted by molar-refractivity contribution is 6.23. The zero-order valence-electron chi connectivity index (χ0n) is 9.99. The quantitative estimate of drug-likeness (QED) is 0.786. The van der Waals surface area contributed by atoms with Crippen LogP contribution in [0.3, 0.4) is 0 Å². The van der Waals surface area contributed by atoms with Crippen molar-refractivity contribution in [3.8, 4) is 0 Å². The van der Waals surface area contributed by atoms with E-state index in [-0.39, 0.29) is 0 Å². The van der Waals surface area contributed by atoms with Gasteiger partial charge in [0.2, 0.25) is 0 Å². The highest BCUT2D eigenvalue weighted by Crippen LogP contribution is 2.33. The molecular formula is C15H14N2. The van der Waals surface area contributed by atoms with E-state index >= 15 is 0 Å². The van der Waals surface area contributed by atoms with Gasteiger partial charge in [0.05, 0.1) is 5.71 Å². The molecule has 0 saturated carbocycles. The first kappa shape index (κ1) is 10.1. The highest BCUT2D eigenvalue weighted by atomic mass is 14.8. The predicted molar refractivity (Wildman–Crippen MR) is 75.0 cm³/mol. The number of aliphatic imine (C=N–C) groups is 1. The molecule has 2 nitrogen and oxygen atoms in total. The molecule has 2 heteroatoms. The average molecular weight is 222 g/mol. The van der Waals surface area contributed by atoms with Crippen molar-refractivity contribution in [1.82, 2.24) is 0 Å². The van der Waals surface area contributed by atoms with Gasteiger partial charge in [-0.2, -0.15) is 0 Å². The molecule has 1 aliphatic carbocycles. The molecule has 0 aliphatic heterocycles. The fraction of sp³-hybridized carbons (Fsp3) is 0.133. The van der Waals surface area contributed by atoms with Gasteiger partial charge in [0, 0.05) is 36.1 Å². The van der Waals surface area contributed by atoms with Gasteiger partial charge in [-0.1, -0.05) is 30.3 Å². The molecule has 0 spiro atoms. The maximum atomic E-state index is 4.34. The first-order chi connectivity index (χ1) is 8.35. The van der Waals surface area contributed by atoms with Crippen molar-refractivity contribution in [3.05, 3.63) is 47.5 Å². The number of rotatable bonds is 1. The number of nitrogens with one attached hydrogen (secondary N) is 1. The smallest absolute Gasteiger partial charge is 0.0649 e. The minimum atomic E-state index is 1.05. The summed E-state index contributed by atoms with van der Waals surface area (Å²) in [5.41, 5.74) is 4.70. The molecule has 2 aromatic rings. The van der Waals surface area contributed by atoms with E-state index in [9.17, 15) is 0 Å². The lowest BCUT2D eigenvalue weighted by atomic mass is 9.91. The molecule has 0 atom stereocenters. The van der Waals surface area contributed by atoms with Crippen molar-refractivity contribution < 1.29 is 0 Å². The van der Waals surface area contributed by atoms with Crippen molar-refractivity contribution in [2.24, 2.45) is 4.99 Å². The molecule has 84 valence electrons. The van der Waals surface area contributed by atoms with Crippen LogP contribution in [0.4, 0.5) is 5.69 Å². The van der Waals surface area contributed by atoms with Gasteiger partial charge < -0.3 is 5.32 Å². The maximum Gasteiger partial charge on any atom is 0.0649 e. The van der Waals surface area contributed by atoms with Crippen molar-refractivity contribution in [3.63, 3.8) is 0 Å². The molecule has 0 aromatic heterocycles. The molecule has 0 bridgehead atoms. The third kappa shape index (κ3) is 1.37. The summed E-state index contributed by atoms with van der Waals surface area (Å²) in [5.74, 6) is 0. The van der Waals surface area contributed by atoms with Crippen LogP contribution in [-0.2, 0) is 0 Å². The summed E-state index contributed by atoms with van der Waals surface area (Å²) in [6.45, 7) is 0. The Kier molecular flexibility index (Phi) is 2.22. The van der Waals surface area contributed by atoms with Crippen LogP contribution in [0.5, 0.6) is 0 Å². The average Bonchev–Trinajstić information content (AvgIpc) is 2.40. The summed E-state index contributed by atoms with van der Waals surface area (Å²) in [4.78, 5) is 4.34. The lowest BCUT2D eigenvalue weighted by molar-refractivity contribution is 1.44. The number of allylic oxidation sites excluding steroid dienone is 1. The predicted octanol–water partition coefficient (Wildman–Crippen LogP) is 3.33. The Morgan fingerprint density at radius 3 is 2.71 bits per heavy atom. The summed E-state index contributed by atoms with van der Waals surface area (Å²) < 4.78 is 0. The Morgan fingerprint density at radius 2 is 1.94 bits per heavy atom. The molecule has 0 heterocycles. The molecule has 2 aromatic carbocycles. The molecule has 1 aliphatic rings. The first-order valence-electron chi connectivity index (χ1n) is 5.74. The summed E-state index contributed by atoms with van der Waals surface area (Å²) in [6.07, 6.45) is 4.22. The van der Waals surface area contributed by atoms with E-state index in [2.05, 4.69) is 52.8 Å². The second kappa shape index (κ2) is 3.74. The molecule has 0 saturated heterocycles. The minimum absolute atomic E-state index is 1.05. The van der Waals surface area contributed by atoms with Crippen LogP contribution < -0.4 is 5.32 Å². The van der Waals surface area contributed by atoms with Crippen LogP contribution in [0.15, 0.2) is 41.4 Å². The number of hydrogen-bond donors (Lipinski definition) is 1. The molecule has 3 rings (SSSR count). The van der Waals surface area contributed by atoms with E-state index < -0.39 is 0 Å². The summed E-state index contributed by atoms with van der Waals surface area (Å²) in [6, 6.07) is 10.7. The van der Waals surface area contributed by atoms with Crippen molar-refractivity contribution in [2.75, 3.05) is 19.4 Å². The molecular weight excluding hydrogens is 208 g/mol. The number of benzene rings is 2. The molecule has 0 amide bonds. The first-order valence-corrected chi connectivity index (χ1v) is 5.74. The summed E-state index contributed by atoms with van der Waals surface area (Å²) in [5, 5.41) is 5.79. The highest BCUT2D eigenvalue weighted by Gasteiger charge is 2.14. The van der Waals surface area contributed by atoms with E-state index in [1.165, 1.54) is 21.9 Å². The Labute approximate surface area is 101 Å². The SMILES string of the molecule is C/N=C1\C=Cc2ccc(NC)c3cccc1c23. The fourth-order valence-electron chi connectivity index (χ4n) is 2.46. The van der Waals surface area contributed by atoms with Crippen LogP contribution in [0.2, 0.25) is 0 Å². The zero-order valence-corrected chi connectivity index (χ0v) is 9.99. The summed E-state index contributed by atoms with van der Waals surface area (Å²) in [7, 11) is 3.79. The fourth-order valence-corrected chi connectivity index (χ4v) is 2.46. The summed E-state index contributed by atoms with van der Waals surface area (Å²) >= 11 is 0. The molecule has 17 heavy (non-hydrogen) atoms. The normalized spacial score (nSPS) is 15.5. The van der Waals surface area contributed by atoms with Gasteiger partial charge >= 0.3 is 0 Å². The van der Waals surface area contributed by atoms with Gasteiger partial charge in [0.1, 0.15) is 0 Å². The van der Waals surface area contributed by atoms with Gasteiger partial charge in [-0.25, -0.2) is 0 Å². The zero-order chi connectivity index (χ0) is 11.8. The Balaban J connectivity index is 2.48. The van der Waals surface area contributed by atoms with Crippen molar-refractivity contribution in [1.29, 1.82) is 0 Å². The van der Waals surface area contributed by atoms with E-state index in [1.807, 2.05) is 14.1 Å². The number of hydrogen-bond acceptors (Lipinski definition) is 2.